The van der Waals surface area contributed by atoms with E-state index in [2.05, 4.69) is 47.8 Å². The SMILES string of the molecule is CC(C)(OC(=O)n1c(Br)c(Br)c(C#N)c1Br)C(Cl)(Cl)Cl. The van der Waals surface area contributed by atoms with Gasteiger partial charge in [-0.25, -0.2) is 9.36 Å². The molecule has 110 valence electrons. The van der Waals surface area contributed by atoms with Crippen molar-refractivity contribution in [1.29, 1.82) is 5.26 Å². The van der Waals surface area contributed by atoms with Crippen molar-refractivity contribution in [3.8, 4) is 6.07 Å². The second-order valence-electron chi connectivity index (χ2n) is 4.09. The summed E-state index contributed by atoms with van der Waals surface area (Å²) in [6.45, 7) is 2.92. The normalized spacial score (nSPS) is 12.2. The highest BCUT2D eigenvalue weighted by atomic mass is 79.9. The minimum Gasteiger partial charge on any atom is -0.438 e. The van der Waals surface area contributed by atoms with E-state index in [9.17, 15) is 4.79 Å². The van der Waals surface area contributed by atoms with Crippen LogP contribution in [-0.4, -0.2) is 20.1 Å². The summed E-state index contributed by atoms with van der Waals surface area (Å²) in [5.41, 5.74) is -1.13. The molecule has 1 rings (SSSR count). The van der Waals surface area contributed by atoms with E-state index in [0.717, 1.165) is 4.57 Å². The molecule has 4 nitrogen and oxygen atoms in total. The molecule has 0 saturated heterocycles. The zero-order chi connectivity index (χ0) is 15.9. The van der Waals surface area contributed by atoms with E-state index >= 15 is 0 Å². The van der Waals surface area contributed by atoms with Gasteiger partial charge in [0.1, 0.15) is 20.8 Å². The van der Waals surface area contributed by atoms with Crippen LogP contribution in [0.15, 0.2) is 13.7 Å². The quantitative estimate of drug-likeness (QED) is 0.431. The van der Waals surface area contributed by atoms with Gasteiger partial charge in [0.05, 0.1) is 4.47 Å². The van der Waals surface area contributed by atoms with Crippen molar-refractivity contribution in [3.05, 3.63) is 19.2 Å². The Balaban J connectivity index is 3.23. The molecule has 0 amide bonds. The number of aromatic nitrogens is 1. The third kappa shape index (κ3) is 3.47. The van der Waals surface area contributed by atoms with Gasteiger partial charge in [0.2, 0.25) is 3.79 Å². The maximum Gasteiger partial charge on any atom is 0.420 e. The van der Waals surface area contributed by atoms with Crippen LogP contribution < -0.4 is 0 Å². The molecular weight excluding hydrogens is 526 g/mol. The highest BCUT2D eigenvalue weighted by Crippen LogP contribution is 2.41. The van der Waals surface area contributed by atoms with Gasteiger partial charge in [-0.05, 0) is 61.6 Å². The summed E-state index contributed by atoms with van der Waals surface area (Å²) in [5, 5.41) is 9.02. The molecule has 1 aromatic heterocycles. The van der Waals surface area contributed by atoms with E-state index in [1.165, 1.54) is 13.8 Å². The van der Waals surface area contributed by atoms with Gasteiger partial charge in [0, 0.05) is 0 Å². The topological polar surface area (TPSA) is 55.0 Å². The Morgan fingerprint density at radius 1 is 1.25 bits per heavy atom. The predicted molar refractivity (Wildman–Crippen MR) is 88.5 cm³/mol. The summed E-state index contributed by atoms with van der Waals surface area (Å²) in [5.74, 6) is 0. The molecule has 0 aromatic carbocycles. The van der Waals surface area contributed by atoms with Crippen LogP contribution in [0.4, 0.5) is 4.79 Å². The lowest BCUT2D eigenvalue weighted by molar-refractivity contribution is 0.0419. The molecule has 0 saturated carbocycles. The molecule has 1 aromatic rings. The lowest BCUT2D eigenvalue weighted by Gasteiger charge is -2.31. The van der Waals surface area contributed by atoms with Gasteiger partial charge in [-0.1, -0.05) is 34.8 Å². The summed E-state index contributed by atoms with van der Waals surface area (Å²) >= 11 is 26.8. The third-order valence-corrected chi connectivity index (χ3v) is 6.49. The average molecular weight is 532 g/mol. The number of halogens is 6. The first-order valence-corrected chi connectivity index (χ1v) is 8.40. The van der Waals surface area contributed by atoms with Gasteiger partial charge < -0.3 is 4.74 Å². The molecule has 0 spiro atoms. The minimum absolute atomic E-state index is 0.226. The van der Waals surface area contributed by atoms with Crippen LogP contribution in [0.2, 0.25) is 0 Å². The number of carbonyl (C=O) groups excluding carboxylic acids is 1. The fourth-order valence-electron chi connectivity index (χ4n) is 1.07. The Morgan fingerprint density at radius 3 is 2.10 bits per heavy atom. The molecule has 0 unspecified atom stereocenters. The zero-order valence-electron chi connectivity index (χ0n) is 9.98. The van der Waals surface area contributed by atoms with Crippen LogP contribution in [0.5, 0.6) is 0 Å². The third-order valence-electron chi connectivity index (χ3n) is 2.32. The monoisotopic (exact) mass is 528 g/mol. The highest BCUT2D eigenvalue weighted by molar-refractivity contribution is 9.13. The van der Waals surface area contributed by atoms with E-state index in [4.69, 9.17) is 44.8 Å². The lowest BCUT2D eigenvalue weighted by Crippen LogP contribution is -2.42. The van der Waals surface area contributed by atoms with Crippen LogP contribution in [0.25, 0.3) is 0 Å². The van der Waals surface area contributed by atoms with E-state index in [1.807, 2.05) is 6.07 Å². The fourth-order valence-corrected chi connectivity index (χ4v) is 3.27. The van der Waals surface area contributed by atoms with Gasteiger partial charge in [0.15, 0.2) is 5.60 Å². The number of hydrogen-bond donors (Lipinski definition) is 0. The summed E-state index contributed by atoms with van der Waals surface area (Å²) in [6.07, 6.45) is -0.803. The lowest BCUT2D eigenvalue weighted by atomic mass is 10.2. The molecule has 0 aliphatic heterocycles. The largest absolute Gasteiger partial charge is 0.438 e. The number of nitriles is 1. The highest BCUT2D eigenvalue weighted by Gasteiger charge is 2.45. The van der Waals surface area contributed by atoms with Crippen LogP contribution in [0.3, 0.4) is 0 Å². The van der Waals surface area contributed by atoms with Crippen molar-refractivity contribution < 1.29 is 9.53 Å². The number of rotatable bonds is 1. The Kier molecular flexibility index (Phi) is 5.90. The summed E-state index contributed by atoms with van der Waals surface area (Å²) in [6, 6.07) is 1.94. The fraction of sp³-hybridized carbons (Fsp3) is 0.400. The minimum atomic E-state index is -1.80. The molecule has 20 heavy (non-hydrogen) atoms. The molecule has 0 N–H and O–H groups in total. The first-order chi connectivity index (χ1) is 8.94. The maximum absolute atomic E-state index is 12.2. The Morgan fingerprint density at radius 2 is 1.75 bits per heavy atom. The number of hydrogen-bond acceptors (Lipinski definition) is 3. The molecule has 1 heterocycles. The van der Waals surface area contributed by atoms with Gasteiger partial charge in [-0.2, -0.15) is 5.26 Å². The standard InChI is InChI=1S/C10H6Br3Cl3N2O2/c1-9(2,10(14,15)16)20-8(19)18-6(12)4(3-17)5(11)7(18)13/h1-2H3. The van der Waals surface area contributed by atoms with Crippen molar-refractivity contribution in [2.24, 2.45) is 0 Å². The van der Waals surface area contributed by atoms with E-state index in [-0.39, 0.29) is 10.2 Å². The van der Waals surface area contributed by atoms with E-state index in [0.29, 0.717) is 9.08 Å². The van der Waals surface area contributed by atoms with E-state index < -0.39 is 15.5 Å². The molecule has 0 radical (unpaired) electrons. The van der Waals surface area contributed by atoms with Crippen molar-refractivity contribution >= 4 is 88.7 Å². The van der Waals surface area contributed by atoms with Crippen LogP contribution in [-0.2, 0) is 4.74 Å². The summed E-state index contributed by atoms with van der Waals surface area (Å²) < 4.78 is 5.45. The molecule has 10 heteroatoms. The first kappa shape index (κ1) is 18.6. The van der Waals surface area contributed by atoms with Gasteiger partial charge in [-0.3, -0.25) is 0 Å². The smallest absolute Gasteiger partial charge is 0.420 e. The summed E-state index contributed by atoms with van der Waals surface area (Å²) in [4.78, 5) is 12.2. The predicted octanol–water partition coefficient (Wildman–Crippen LogP) is 5.78. The van der Waals surface area contributed by atoms with Crippen molar-refractivity contribution in [3.63, 3.8) is 0 Å². The number of ether oxygens (including phenoxy) is 1. The van der Waals surface area contributed by atoms with Gasteiger partial charge in [0.25, 0.3) is 0 Å². The second-order valence-corrected chi connectivity index (χ2v) is 8.67. The molecule has 0 atom stereocenters. The van der Waals surface area contributed by atoms with E-state index in [1.54, 1.807) is 0 Å². The number of alkyl halides is 3. The number of nitrogens with zero attached hydrogens (tertiary/aromatic N) is 2. The van der Waals surface area contributed by atoms with Crippen molar-refractivity contribution in [2.45, 2.75) is 23.2 Å². The van der Waals surface area contributed by atoms with Crippen LogP contribution >= 0.6 is 82.6 Å². The van der Waals surface area contributed by atoms with Crippen LogP contribution in [0, 0.1) is 11.3 Å². The molecule has 0 aliphatic rings. The zero-order valence-corrected chi connectivity index (χ0v) is 17.0. The van der Waals surface area contributed by atoms with Crippen molar-refractivity contribution in [2.75, 3.05) is 0 Å². The molecule has 0 aliphatic carbocycles. The Labute approximate surface area is 155 Å². The first-order valence-electron chi connectivity index (χ1n) is 4.89. The summed E-state index contributed by atoms with van der Waals surface area (Å²) in [7, 11) is 0. The maximum atomic E-state index is 12.2. The van der Waals surface area contributed by atoms with Crippen LogP contribution in [0.1, 0.15) is 19.4 Å². The molecule has 0 fully saturated rings. The van der Waals surface area contributed by atoms with Gasteiger partial charge in [-0.15, -0.1) is 0 Å². The molecule has 0 bridgehead atoms. The Bertz CT molecular complexity index is 602. The second kappa shape index (κ2) is 6.35. The molecular formula is C10H6Br3Cl3N2O2. The average Bonchev–Trinajstić information content (AvgIpc) is 2.47. The van der Waals surface area contributed by atoms with Gasteiger partial charge >= 0.3 is 6.09 Å². The number of carbonyl (C=O) groups is 1. The van der Waals surface area contributed by atoms with Crippen molar-refractivity contribution in [1.82, 2.24) is 4.57 Å². The Hall–Kier alpha value is 0.550.